The summed E-state index contributed by atoms with van der Waals surface area (Å²) in [7, 11) is 0. The van der Waals surface area contributed by atoms with Gasteiger partial charge >= 0.3 is 12.1 Å². The summed E-state index contributed by atoms with van der Waals surface area (Å²) in [5.74, 6) is 0.0139. The van der Waals surface area contributed by atoms with Crippen LogP contribution in [0.5, 0.6) is 11.5 Å². The Morgan fingerprint density at radius 1 is 1.07 bits per heavy atom. The number of anilines is 1. The van der Waals surface area contributed by atoms with Gasteiger partial charge in [-0.25, -0.2) is 9.59 Å². The first-order valence-corrected chi connectivity index (χ1v) is 8.93. The Hall–Kier alpha value is -3.75. The summed E-state index contributed by atoms with van der Waals surface area (Å²) in [6.07, 6.45) is -0.978. The minimum Gasteiger partial charge on any atom is -0.454 e. The molecule has 0 spiro atoms. The molecule has 0 saturated carbocycles. The van der Waals surface area contributed by atoms with Gasteiger partial charge in [0, 0.05) is 11.8 Å². The number of fused-ring (bicyclic) bond motifs is 1. The first kappa shape index (κ1) is 18.6. The lowest BCUT2D eigenvalue weighted by Gasteiger charge is -2.19. The molecule has 2 aliphatic rings. The first-order valence-electron chi connectivity index (χ1n) is 8.93. The monoisotopic (exact) mass is 398 g/mol. The number of carbonyl (C=O) groups is 3. The van der Waals surface area contributed by atoms with E-state index in [1.54, 1.807) is 18.2 Å². The summed E-state index contributed by atoms with van der Waals surface area (Å²) in [6.45, 7) is -0.0738. The number of hydrogen-bond donors (Lipinski definition) is 1. The van der Waals surface area contributed by atoms with Crippen molar-refractivity contribution in [2.45, 2.75) is 19.1 Å². The van der Waals surface area contributed by atoms with Crippen molar-refractivity contribution in [2.24, 2.45) is 0 Å². The molecule has 0 aliphatic carbocycles. The Bertz CT molecular complexity index is 932. The average molecular weight is 398 g/mol. The fraction of sp³-hybridized carbons (Fsp3) is 0.250. The molecule has 2 heterocycles. The molecule has 4 rings (SSSR count). The molecule has 9 nitrogen and oxygen atoms in total. The molecule has 1 fully saturated rings. The van der Waals surface area contributed by atoms with E-state index in [1.807, 2.05) is 30.3 Å². The third-order valence-electron chi connectivity index (χ3n) is 4.47. The van der Waals surface area contributed by atoms with Gasteiger partial charge < -0.3 is 24.3 Å². The van der Waals surface area contributed by atoms with Crippen LogP contribution < -0.4 is 14.8 Å². The van der Waals surface area contributed by atoms with Crippen molar-refractivity contribution in [3.8, 4) is 11.5 Å². The smallest absolute Gasteiger partial charge is 0.413 e. The van der Waals surface area contributed by atoms with Gasteiger partial charge in [-0.05, 0) is 17.7 Å². The van der Waals surface area contributed by atoms with Crippen LogP contribution in [0.3, 0.4) is 0 Å². The van der Waals surface area contributed by atoms with Crippen molar-refractivity contribution < 1.29 is 33.3 Å². The molecule has 2 amide bonds. The summed E-state index contributed by atoms with van der Waals surface area (Å²) in [4.78, 5) is 37.9. The Balaban J connectivity index is 1.35. The molecule has 29 heavy (non-hydrogen) atoms. The van der Waals surface area contributed by atoms with Crippen LogP contribution in [-0.4, -0.2) is 42.4 Å². The van der Waals surface area contributed by atoms with Gasteiger partial charge in [0.25, 0.3) is 0 Å². The number of nitrogens with one attached hydrogen (secondary N) is 1. The van der Waals surface area contributed by atoms with E-state index >= 15 is 0 Å². The third-order valence-corrected chi connectivity index (χ3v) is 4.47. The topological polar surface area (TPSA) is 103 Å². The number of benzene rings is 2. The van der Waals surface area contributed by atoms with Crippen molar-refractivity contribution in [3.63, 3.8) is 0 Å². The van der Waals surface area contributed by atoms with Crippen LogP contribution in [0.1, 0.15) is 12.0 Å². The molecule has 2 aromatic carbocycles. The summed E-state index contributed by atoms with van der Waals surface area (Å²) in [5, 5.41) is 2.68. The molecule has 1 saturated heterocycles. The predicted octanol–water partition coefficient (Wildman–Crippen LogP) is 2.27. The Morgan fingerprint density at radius 3 is 2.69 bits per heavy atom. The second-order valence-electron chi connectivity index (χ2n) is 6.44. The maximum Gasteiger partial charge on any atom is 0.413 e. The molecule has 0 aromatic heterocycles. The number of carbonyl (C=O) groups excluding carboxylic acids is 3. The van der Waals surface area contributed by atoms with Crippen LogP contribution >= 0.6 is 0 Å². The molecule has 0 bridgehead atoms. The maximum absolute atomic E-state index is 12.4. The van der Waals surface area contributed by atoms with Gasteiger partial charge in [-0.1, -0.05) is 30.3 Å². The van der Waals surface area contributed by atoms with Crippen LogP contribution in [0.25, 0.3) is 0 Å². The normalized spacial score (nSPS) is 17.0. The van der Waals surface area contributed by atoms with Crippen LogP contribution in [0.2, 0.25) is 0 Å². The zero-order valence-corrected chi connectivity index (χ0v) is 15.3. The van der Waals surface area contributed by atoms with Gasteiger partial charge in [0.2, 0.25) is 12.7 Å². The van der Waals surface area contributed by atoms with Crippen LogP contribution in [0.15, 0.2) is 48.5 Å². The largest absolute Gasteiger partial charge is 0.454 e. The highest BCUT2D eigenvalue weighted by Crippen LogP contribution is 2.34. The number of amides is 2. The molecule has 1 N–H and O–H groups in total. The van der Waals surface area contributed by atoms with Gasteiger partial charge in [-0.3, -0.25) is 9.69 Å². The molecule has 2 aliphatic heterocycles. The van der Waals surface area contributed by atoms with Gasteiger partial charge in [-0.15, -0.1) is 0 Å². The van der Waals surface area contributed by atoms with Crippen molar-refractivity contribution in [1.29, 1.82) is 0 Å². The van der Waals surface area contributed by atoms with Gasteiger partial charge in [-0.2, -0.15) is 0 Å². The van der Waals surface area contributed by atoms with Gasteiger partial charge in [0.1, 0.15) is 12.6 Å². The minimum atomic E-state index is -1.05. The molecule has 0 radical (unpaired) electrons. The van der Waals surface area contributed by atoms with Crippen molar-refractivity contribution in [2.75, 3.05) is 18.8 Å². The zero-order valence-electron chi connectivity index (χ0n) is 15.3. The second kappa shape index (κ2) is 8.09. The standard InChI is InChI=1S/C20H18N2O7/c23-18(21-14-6-7-16-17(8-14)29-12-28-16)9-15-19(24)27-11-22(15)20(25)26-10-13-4-2-1-3-5-13/h1-8,15H,9-12H2,(H,21,23)/t15-/m1/s1. The highest BCUT2D eigenvalue weighted by molar-refractivity contribution is 5.96. The Kier molecular flexibility index (Phi) is 5.19. The lowest BCUT2D eigenvalue weighted by Crippen LogP contribution is -2.40. The summed E-state index contributed by atoms with van der Waals surface area (Å²) in [5.41, 5.74) is 1.30. The molecule has 150 valence electrons. The van der Waals surface area contributed by atoms with Crippen molar-refractivity contribution in [1.82, 2.24) is 4.90 Å². The molecule has 9 heteroatoms. The number of esters is 1. The fourth-order valence-corrected chi connectivity index (χ4v) is 2.98. The molecular formula is C20H18N2O7. The van der Waals surface area contributed by atoms with E-state index in [2.05, 4.69) is 5.32 Å². The van der Waals surface area contributed by atoms with E-state index in [0.717, 1.165) is 10.5 Å². The highest BCUT2D eigenvalue weighted by atomic mass is 16.7. The lowest BCUT2D eigenvalue weighted by atomic mass is 10.2. The minimum absolute atomic E-state index is 0.0560. The Morgan fingerprint density at radius 2 is 1.86 bits per heavy atom. The summed E-state index contributed by atoms with van der Waals surface area (Å²) >= 11 is 0. The number of hydrogen-bond acceptors (Lipinski definition) is 7. The van der Waals surface area contributed by atoms with Gasteiger partial charge in [0.15, 0.2) is 18.2 Å². The highest BCUT2D eigenvalue weighted by Gasteiger charge is 2.40. The first-order chi connectivity index (χ1) is 14.1. The molecule has 2 aromatic rings. The van der Waals surface area contributed by atoms with E-state index in [0.29, 0.717) is 17.2 Å². The molecule has 0 unspecified atom stereocenters. The maximum atomic E-state index is 12.4. The lowest BCUT2D eigenvalue weighted by molar-refractivity contribution is -0.140. The number of nitrogens with zero attached hydrogens (tertiary/aromatic N) is 1. The van der Waals surface area contributed by atoms with E-state index in [-0.39, 0.29) is 26.6 Å². The van der Waals surface area contributed by atoms with Gasteiger partial charge in [0.05, 0.1) is 6.42 Å². The summed E-state index contributed by atoms with van der Waals surface area (Å²) < 4.78 is 20.7. The number of rotatable bonds is 5. The fourth-order valence-electron chi connectivity index (χ4n) is 2.98. The van der Waals surface area contributed by atoms with Crippen LogP contribution in [0.4, 0.5) is 10.5 Å². The van der Waals surface area contributed by atoms with Crippen LogP contribution in [0, 0.1) is 0 Å². The average Bonchev–Trinajstić information content (AvgIpc) is 3.33. The van der Waals surface area contributed by atoms with Crippen molar-refractivity contribution in [3.05, 3.63) is 54.1 Å². The van der Waals surface area contributed by atoms with E-state index < -0.39 is 24.0 Å². The Labute approximate surface area is 166 Å². The van der Waals surface area contributed by atoms with E-state index in [4.69, 9.17) is 18.9 Å². The summed E-state index contributed by atoms with van der Waals surface area (Å²) in [6, 6.07) is 13.0. The predicted molar refractivity (Wildman–Crippen MR) is 99.0 cm³/mol. The van der Waals surface area contributed by atoms with E-state index in [9.17, 15) is 14.4 Å². The molecular weight excluding hydrogens is 380 g/mol. The number of ether oxygens (including phenoxy) is 4. The van der Waals surface area contributed by atoms with E-state index in [1.165, 1.54) is 0 Å². The third kappa shape index (κ3) is 4.23. The second-order valence-corrected chi connectivity index (χ2v) is 6.44. The molecule has 1 atom stereocenters. The zero-order chi connectivity index (χ0) is 20.2. The van der Waals surface area contributed by atoms with Crippen molar-refractivity contribution >= 4 is 23.7 Å². The number of cyclic esters (lactones) is 1. The van der Waals surface area contributed by atoms with Crippen LogP contribution in [-0.2, 0) is 25.7 Å². The SMILES string of the molecule is O=C(C[C@@H]1C(=O)OCN1C(=O)OCc1ccccc1)Nc1ccc2c(c1)OCO2. The quantitative estimate of drug-likeness (QED) is 0.771.